The smallest absolute Gasteiger partial charge is 0.395 e. The minimum absolute atomic E-state index is 0.211. The van der Waals surface area contributed by atoms with Crippen LogP contribution in [0.3, 0.4) is 0 Å². The summed E-state index contributed by atoms with van der Waals surface area (Å²) in [4.78, 5) is 41.2. The Labute approximate surface area is 176 Å². The molecule has 2 aromatic rings. The largest absolute Gasteiger partial charge is 0.433 e. The van der Waals surface area contributed by atoms with Crippen molar-refractivity contribution in [1.29, 1.82) is 0 Å². The van der Waals surface area contributed by atoms with E-state index in [1.165, 1.54) is 17.4 Å². The minimum Gasteiger partial charge on any atom is -0.395 e. The number of amides is 2. The lowest BCUT2D eigenvalue weighted by atomic mass is 10.2. The summed E-state index contributed by atoms with van der Waals surface area (Å²) >= 11 is 3.08. The predicted octanol–water partition coefficient (Wildman–Crippen LogP) is 1.92. The zero-order valence-corrected chi connectivity index (χ0v) is 18.0. The second kappa shape index (κ2) is 10.8. The Hall–Kier alpha value is -2.60. The molecule has 29 heavy (non-hydrogen) atoms. The van der Waals surface area contributed by atoms with Crippen LogP contribution in [-0.4, -0.2) is 60.4 Å². The van der Waals surface area contributed by atoms with Gasteiger partial charge in [-0.1, -0.05) is 0 Å². The molecule has 158 valence electrons. The number of carbonyl (C=O) groups excluding carboxylic acids is 2. The molecular formula is C17H23N5O5S2. The van der Waals surface area contributed by atoms with Crippen molar-refractivity contribution in [3.63, 3.8) is 0 Å². The number of nitro groups is 1. The van der Waals surface area contributed by atoms with E-state index in [4.69, 9.17) is 4.42 Å². The number of nitrogens with zero attached hydrogens (tertiary/aromatic N) is 3. The van der Waals surface area contributed by atoms with Crippen LogP contribution in [0.1, 0.15) is 22.7 Å². The van der Waals surface area contributed by atoms with E-state index in [-0.39, 0.29) is 11.7 Å². The van der Waals surface area contributed by atoms with Crippen molar-refractivity contribution in [1.82, 2.24) is 15.6 Å². The summed E-state index contributed by atoms with van der Waals surface area (Å²) in [5, 5.41) is 18.9. The van der Waals surface area contributed by atoms with E-state index in [0.717, 1.165) is 16.9 Å². The third kappa shape index (κ3) is 6.75. The van der Waals surface area contributed by atoms with E-state index in [2.05, 4.69) is 15.6 Å². The van der Waals surface area contributed by atoms with E-state index in [1.54, 1.807) is 11.8 Å². The van der Waals surface area contributed by atoms with Gasteiger partial charge in [-0.2, -0.15) is 11.8 Å². The van der Waals surface area contributed by atoms with Crippen LogP contribution in [0, 0.1) is 10.1 Å². The second-order valence-corrected chi connectivity index (χ2v) is 8.08. The highest BCUT2D eigenvalue weighted by molar-refractivity contribution is 7.98. The maximum atomic E-state index is 12.5. The summed E-state index contributed by atoms with van der Waals surface area (Å²) < 4.78 is 4.89. The van der Waals surface area contributed by atoms with Crippen LogP contribution < -0.4 is 15.5 Å². The molecule has 12 heteroatoms. The maximum absolute atomic E-state index is 12.5. The lowest BCUT2D eigenvalue weighted by Crippen LogP contribution is -2.47. The number of hydrogen-bond acceptors (Lipinski definition) is 9. The van der Waals surface area contributed by atoms with Crippen molar-refractivity contribution in [3.8, 4) is 0 Å². The summed E-state index contributed by atoms with van der Waals surface area (Å²) in [6.45, 7) is 0.382. The van der Waals surface area contributed by atoms with Gasteiger partial charge in [-0.15, -0.1) is 11.3 Å². The highest BCUT2D eigenvalue weighted by Gasteiger charge is 2.24. The fourth-order valence-corrected chi connectivity index (χ4v) is 3.60. The molecule has 0 aliphatic heterocycles. The molecule has 1 atom stereocenters. The van der Waals surface area contributed by atoms with Gasteiger partial charge in [0.2, 0.25) is 5.91 Å². The van der Waals surface area contributed by atoms with Gasteiger partial charge in [0.15, 0.2) is 10.9 Å². The molecule has 2 aromatic heterocycles. The molecule has 0 saturated carbocycles. The number of nitrogens with one attached hydrogen (secondary N) is 2. The molecular weight excluding hydrogens is 418 g/mol. The number of anilines is 1. The Morgan fingerprint density at radius 1 is 1.41 bits per heavy atom. The molecule has 2 heterocycles. The molecule has 10 nitrogen and oxygen atoms in total. The van der Waals surface area contributed by atoms with Crippen molar-refractivity contribution in [2.45, 2.75) is 18.9 Å². The van der Waals surface area contributed by atoms with Crippen molar-refractivity contribution >= 4 is 45.9 Å². The first-order valence-corrected chi connectivity index (χ1v) is 11.0. The van der Waals surface area contributed by atoms with Crippen LogP contribution in [0.2, 0.25) is 0 Å². The van der Waals surface area contributed by atoms with E-state index in [9.17, 15) is 19.7 Å². The van der Waals surface area contributed by atoms with Crippen molar-refractivity contribution < 1.29 is 18.9 Å². The van der Waals surface area contributed by atoms with Crippen molar-refractivity contribution in [2.75, 3.05) is 37.5 Å². The average Bonchev–Trinajstić information content (AvgIpc) is 3.34. The number of furan rings is 1. The highest BCUT2D eigenvalue weighted by Crippen LogP contribution is 2.18. The molecule has 0 aromatic carbocycles. The van der Waals surface area contributed by atoms with Gasteiger partial charge < -0.3 is 20.0 Å². The Balaban J connectivity index is 1.91. The van der Waals surface area contributed by atoms with E-state index in [1.807, 2.05) is 30.6 Å². The zero-order chi connectivity index (χ0) is 21.4. The molecule has 0 saturated heterocycles. The maximum Gasteiger partial charge on any atom is 0.433 e. The monoisotopic (exact) mass is 441 g/mol. The van der Waals surface area contributed by atoms with E-state index in [0.29, 0.717) is 25.1 Å². The fraction of sp³-hybridized carbons (Fsp3) is 0.471. The summed E-state index contributed by atoms with van der Waals surface area (Å²) in [5.41, 5.74) is 0.881. The summed E-state index contributed by atoms with van der Waals surface area (Å²) in [6.07, 6.45) is 2.89. The van der Waals surface area contributed by atoms with Crippen molar-refractivity contribution in [3.05, 3.63) is 39.1 Å². The van der Waals surface area contributed by atoms with Crippen LogP contribution in [0.25, 0.3) is 0 Å². The Bertz CT molecular complexity index is 851. The average molecular weight is 442 g/mol. The molecule has 0 fully saturated rings. The molecule has 0 spiro atoms. The topological polar surface area (TPSA) is 131 Å². The third-order valence-electron chi connectivity index (χ3n) is 3.83. The van der Waals surface area contributed by atoms with E-state index >= 15 is 0 Å². The van der Waals surface area contributed by atoms with Crippen LogP contribution >= 0.6 is 23.1 Å². The normalized spacial score (nSPS) is 11.7. The number of thioether (sulfide) groups is 1. The summed E-state index contributed by atoms with van der Waals surface area (Å²) in [7, 11) is 3.83. The predicted molar refractivity (Wildman–Crippen MR) is 113 cm³/mol. The molecule has 2 rings (SSSR count). The first-order valence-electron chi connectivity index (χ1n) is 8.75. The van der Waals surface area contributed by atoms with E-state index < -0.39 is 22.8 Å². The Morgan fingerprint density at radius 3 is 2.76 bits per heavy atom. The first-order chi connectivity index (χ1) is 13.8. The Morgan fingerprint density at radius 2 is 2.17 bits per heavy atom. The molecule has 0 aliphatic carbocycles. The lowest BCUT2D eigenvalue weighted by molar-refractivity contribution is -0.402. The van der Waals surface area contributed by atoms with Gasteiger partial charge in [-0.25, -0.2) is 4.98 Å². The standard InChI is InChI=1S/C17H23N5O5S2/c1-21(2)17-19-11(10-29-17)6-8-18-15(23)12(7-9-28-3)20-16(24)13-4-5-14(27-13)22(25)26/h4-5,10,12H,6-9H2,1-3H3,(H,18,23)(H,20,24)/t12-/m1/s1. The molecule has 0 unspecified atom stereocenters. The molecule has 2 N–H and O–H groups in total. The number of hydrogen-bond donors (Lipinski definition) is 2. The SMILES string of the molecule is CSCC[C@@H](NC(=O)c1ccc([N+](=O)[O-])o1)C(=O)NCCc1csc(N(C)C)n1. The minimum atomic E-state index is -0.771. The third-order valence-corrected chi connectivity index (χ3v) is 5.53. The van der Waals surface area contributed by atoms with Gasteiger partial charge in [-0.3, -0.25) is 19.7 Å². The molecule has 0 bridgehead atoms. The Kier molecular flexibility index (Phi) is 8.46. The lowest BCUT2D eigenvalue weighted by Gasteiger charge is -2.17. The zero-order valence-electron chi connectivity index (χ0n) is 16.3. The van der Waals surface area contributed by atoms with Gasteiger partial charge in [0.25, 0.3) is 5.91 Å². The van der Waals surface area contributed by atoms with Crippen molar-refractivity contribution in [2.24, 2.45) is 0 Å². The number of rotatable bonds is 11. The van der Waals surface area contributed by atoms with Gasteiger partial charge in [-0.05, 0) is 24.5 Å². The fourth-order valence-electron chi connectivity index (χ4n) is 2.34. The highest BCUT2D eigenvalue weighted by atomic mass is 32.2. The van der Waals surface area contributed by atoms with Gasteiger partial charge >= 0.3 is 5.88 Å². The second-order valence-electron chi connectivity index (χ2n) is 6.26. The van der Waals surface area contributed by atoms with Crippen LogP contribution in [0.4, 0.5) is 11.0 Å². The summed E-state index contributed by atoms with van der Waals surface area (Å²) in [6, 6.07) is 1.54. The van der Waals surface area contributed by atoms with Crippen LogP contribution in [0.15, 0.2) is 21.9 Å². The van der Waals surface area contributed by atoms with Gasteiger partial charge in [0.1, 0.15) is 11.0 Å². The van der Waals surface area contributed by atoms with Gasteiger partial charge in [0.05, 0.1) is 11.8 Å². The van der Waals surface area contributed by atoms with Gasteiger partial charge in [0, 0.05) is 32.4 Å². The van der Waals surface area contributed by atoms with Crippen LogP contribution in [-0.2, 0) is 11.2 Å². The first kappa shape index (κ1) is 22.7. The number of carbonyl (C=O) groups is 2. The molecule has 0 radical (unpaired) electrons. The molecule has 2 amide bonds. The quantitative estimate of drug-likeness (QED) is 0.399. The number of thiazole rings is 1. The molecule has 0 aliphatic rings. The van der Waals surface area contributed by atoms with Crippen LogP contribution in [0.5, 0.6) is 0 Å². The number of aromatic nitrogens is 1. The summed E-state index contributed by atoms with van der Waals surface area (Å²) in [5.74, 6) is -1.07.